The highest BCUT2D eigenvalue weighted by Gasteiger charge is 2.25. The molecule has 1 N–H and O–H groups in total. The van der Waals surface area contributed by atoms with Gasteiger partial charge in [-0.2, -0.15) is 0 Å². The van der Waals surface area contributed by atoms with Crippen molar-refractivity contribution in [2.24, 2.45) is 0 Å². The number of sulfonamides is 1. The summed E-state index contributed by atoms with van der Waals surface area (Å²) < 4.78 is 44.2. The molecule has 0 aliphatic carbocycles. The minimum absolute atomic E-state index is 0.0102. The van der Waals surface area contributed by atoms with Crippen molar-refractivity contribution in [1.29, 1.82) is 0 Å². The van der Waals surface area contributed by atoms with Gasteiger partial charge in [0, 0.05) is 19.2 Å². The van der Waals surface area contributed by atoms with Crippen LogP contribution in [0.4, 0.5) is 5.69 Å². The number of benzene rings is 3. The summed E-state index contributed by atoms with van der Waals surface area (Å²) in [4.78, 5) is 13.0. The zero-order chi connectivity index (χ0) is 24.3. The molecule has 0 aromatic heterocycles. The number of hydrogen-bond acceptors (Lipinski definition) is 6. The molecule has 0 unspecified atom stereocenters. The van der Waals surface area contributed by atoms with E-state index in [2.05, 4.69) is 5.32 Å². The third kappa shape index (κ3) is 4.65. The smallest absolute Gasteiger partial charge is 0.264 e. The standard InChI is InChI=1S/C25H26N2O6S/c1-17-8-10-19(34(29,30)27(2)21-6-4-5-7-22(21)31-3)15-20(17)25(28)26-16-18-9-11-23-24(14-18)33-13-12-32-23/h4-11,14-15H,12-13,16H2,1-3H3,(H,26,28). The maximum Gasteiger partial charge on any atom is 0.264 e. The lowest BCUT2D eigenvalue weighted by Crippen LogP contribution is -2.28. The van der Waals surface area contributed by atoms with Crippen molar-refractivity contribution in [3.63, 3.8) is 0 Å². The first-order valence-electron chi connectivity index (χ1n) is 10.7. The van der Waals surface area contributed by atoms with Gasteiger partial charge >= 0.3 is 0 Å². The molecule has 8 nitrogen and oxygen atoms in total. The van der Waals surface area contributed by atoms with E-state index in [-0.39, 0.29) is 22.9 Å². The van der Waals surface area contributed by atoms with E-state index in [4.69, 9.17) is 14.2 Å². The van der Waals surface area contributed by atoms with Crippen molar-refractivity contribution in [2.45, 2.75) is 18.4 Å². The van der Waals surface area contributed by atoms with Crippen LogP contribution in [0.3, 0.4) is 0 Å². The number of ether oxygens (including phenoxy) is 3. The molecule has 0 bridgehead atoms. The van der Waals surface area contributed by atoms with Gasteiger partial charge in [-0.15, -0.1) is 0 Å². The van der Waals surface area contributed by atoms with Gasteiger partial charge in [0.15, 0.2) is 11.5 Å². The molecule has 0 saturated carbocycles. The molecule has 1 amide bonds. The molecule has 0 atom stereocenters. The van der Waals surface area contributed by atoms with Crippen LogP contribution in [0.5, 0.6) is 17.2 Å². The molecule has 1 heterocycles. The highest BCUT2D eigenvalue weighted by molar-refractivity contribution is 7.92. The van der Waals surface area contributed by atoms with Gasteiger partial charge in [0.2, 0.25) is 0 Å². The molecule has 0 radical (unpaired) electrons. The van der Waals surface area contributed by atoms with Crippen molar-refractivity contribution in [2.75, 3.05) is 31.7 Å². The number of amides is 1. The highest BCUT2D eigenvalue weighted by Crippen LogP contribution is 2.32. The molecule has 178 valence electrons. The van der Waals surface area contributed by atoms with Crippen molar-refractivity contribution in [3.05, 3.63) is 77.4 Å². The number of carbonyl (C=O) groups excluding carboxylic acids is 1. The fourth-order valence-corrected chi connectivity index (χ4v) is 4.89. The number of hydrogen-bond donors (Lipinski definition) is 1. The molecule has 0 spiro atoms. The van der Waals surface area contributed by atoms with Crippen LogP contribution in [0.25, 0.3) is 0 Å². The molecule has 34 heavy (non-hydrogen) atoms. The van der Waals surface area contributed by atoms with Crippen LogP contribution < -0.4 is 23.8 Å². The Balaban J connectivity index is 1.55. The van der Waals surface area contributed by atoms with E-state index in [0.29, 0.717) is 41.7 Å². The van der Waals surface area contributed by atoms with Crippen molar-refractivity contribution in [3.8, 4) is 17.2 Å². The van der Waals surface area contributed by atoms with Crippen LogP contribution in [0.15, 0.2) is 65.6 Å². The molecule has 3 aromatic rings. The second-order valence-corrected chi connectivity index (χ2v) is 9.75. The summed E-state index contributed by atoms with van der Waals surface area (Å²) in [5.74, 6) is 1.37. The van der Waals surface area contributed by atoms with Gasteiger partial charge in [0.1, 0.15) is 19.0 Å². The van der Waals surface area contributed by atoms with E-state index >= 15 is 0 Å². The van der Waals surface area contributed by atoms with Crippen LogP contribution in [0.1, 0.15) is 21.5 Å². The first-order chi connectivity index (χ1) is 16.3. The van der Waals surface area contributed by atoms with Crippen molar-refractivity contribution >= 4 is 21.6 Å². The van der Waals surface area contributed by atoms with Crippen molar-refractivity contribution in [1.82, 2.24) is 5.32 Å². The summed E-state index contributed by atoms with van der Waals surface area (Å²) in [6, 6.07) is 16.8. The van der Waals surface area contributed by atoms with Gasteiger partial charge in [-0.3, -0.25) is 9.10 Å². The zero-order valence-electron chi connectivity index (χ0n) is 19.2. The first-order valence-corrected chi connectivity index (χ1v) is 12.1. The number of aryl methyl sites for hydroxylation is 1. The third-order valence-electron chi connectivity index (χ3n) is 5.60. The minimum atomic E-state index is -3.93. The topological polar surface area (TPSA) is 94.2 Å². The van der Waals surface area contributed by atoms with Crippen LogP contribution in [0.2, 0.25) is 0 Å². The summed E-state index contributed by atoms with van der Waals surface area (Å²) in [6.07, 6.45) is 0. The molecule has 9 heteroatoms. The maximum atomic E-state index is 13.3. The van der Waals surface area contributed by atoms with Crippen LogP contribution in [0, 0.1) is 6.92 Å². The number of fused-ring (bicyclic) bond motifs is 1. The van der Waals surface area contributed by atoms with Gasteiger partial charge in [-0.1, -0.05) is 24.3 Å². The lowest BCUT2D eigenvalue weighted by atomic mass is 10.1. The van der Waals surface area contributed by atoms with Crippen molar-refractivity contribution < 1.29 is 27.4 Å². The molecule has 0 saturated heterocycles. The SMILES string of the molecule is COc1ccccc1N(C)S(=O)(=O)c1ccc(C)c(C(=O)NCc2ccc3c(c2)OCCO3)c1. The summed E-state index contributed by atoms with van der Waals surface area (Å²) in [5, 5.41) is 2.86. The molecule has 3 aromatic carbocycles. The number of nitrogens with one attached hydrogen (secondary N) is 1. The second kappa shape index (κ2) is 9.64. The van der Waals surface area contributed by atoms with E-state index in [0.717, 1.165) is 9.87 Å². The summed E-state index contributed by atoms with van der Waals surface area (Å²) in [6.45, 7) is 3.01. The Morgan fingerprint density at radius 3 is 2.53 bits per heavy atom. The minimum Gasteiger partial charge on any atom is -0.495 e. The predicted molar refractivity (Wildman–Crippen MR) is 128 cm³/mol. The Kier molecular flexibility index (Phi) is 6.65. The Morgan fingerprint density at radius 2 is 1.76 bits per heavy atom. The number of anilines is 1. The lowest BCUT2D eigenvalue weighted by Gasteiger charge is -2.22. The summed E-state index contributed by atoms with van der Waals surface area (Å²) in [7, 11) is -0.997. The van der Waals surface area contributed by atoms with E-state index in [1.165, 1.54) is 26.3 Å². The first kappa shape index (κ1) is 23.4. The number of nitrogens with zero attached hydrogens (tertiary/aromatic N) is 1. The molecular weight excluding hydrogens is 456 g/mol. The normalized spacial score (nSPS) is 12.7. The van der Waals surface area contributed by atoms with Crippen LogP contribution >= 0.6 is 0 Å². The molecule has 4 rings (SSSR count). The van der Waals surface area contributed by atoms with Gasteiger partial charge in [0.25, 0.3) is 15.9 Å². The maximum absolute atomic E-state index is 13.3. The molecule has 1 aliphatic rings. The average molecular weight is 483 g/mol. The number of rotatable bonds is 7. The molecule has 1 aliphatic heterocycles. The Morgan fingerprint density at radius 1 is 1.03 bits per heavy atom. The third-order valence-corrected chi connectivity index (χ3v) is 7.36. The molecule has 0 fully saturated rings. The zero-order valence-corrected chi connectivity index (χ0v) is 20.0. The average Bonchev–Trinajstić information content (AvgIpc) is 2.86. The second-order valence-electron chi connectivity index (χ2n) is 7.78. The number of methoxy groups -OCH3 is 1. The summed E-state index contributed by atoms with van der Waals surface area (Å²) in [5.41, 5.74) is 2.19. The molecular formula is C25H26N2O6S. The predicted octanol–water partition coefficient (Wildman–Crippen LogP) is 3.53. The lowest BCUT2D eigenvalue weighted by molar-refractivity contribution is 0.0950. The monoisotopic (exact) mass is 482 g/mol. The fraction of sp³-hybridized carbons (Fsp3) is 0.240. The number of para-hydroxylation sites is 2. The van der Waals surface area contributed by atoms with Crippen LogP contribution in [-0.2, 0) is 16.6 Å². The van der Waals surface area contributed by atoms with Gasteiger partial charge in [0.05, 0.1) is 17.7 Å². The van der Waals surface area contributed by atoms with E-state index in [9.17, 15) is 13.2 Å². The Hall–Kier alpha value is -3.72. The Bertz CT molecular complexity index is 1320. The van der Waals surface area contributed by atoms with Gasteiger partial charge < -0.3 is 19.5 Å². The largest absolute Gasteiger partial charge is 0.495 e. The number of carbonyl (C=O) groups is 1. The van der Waals surface area contributed by atoms with E-state index in [1.54, 1.807) is 37.3 Å². The highest BCUT2D eigenvalue weighted by atomic mass is 32.2. The Labute approximate surface area is 199 Å². The van der Waals surface area contributed by atoms with Gasteiger partial charge in [-0.05, 0) is 54.4 Å². The van der Waals surface area contributed by atoms with E-state index in [1.807, 2.05) is 18.2 Å². The quantitative estimate of drug-likeness (QED) is 0.554. The fourth-order valence-electron chi connectivity index (χ4n) is 3.66. The summed E-state index contributed by atoms with van der Waals surface area (Å²) >= 11 is 0. The van der Waals surface area contributed by atoms with Gasteiger partial charge in [-0.25, -0.2) is 8.42 Å². The van der Waals surface area contributed by atoms with E-state index < -0.39 is 10.0 Å². The van der Waals surface area contributed by atoms with Crippen LogP contribution in [-0.4, -0.2) is 41.7 Å².